The summed E-state index contributed by atoms with van der Waals surface area (Å²) < 4.78 is 0. The average Bonchev–Trinajstić information content (AvgIpc) is 3.14. The molecule has 1 saturated carbocycles. The van der Waals surface area contributed by atoms with Crippen LogP contribution in [0.1, 0.15) is 18.4 Å². The molecule has 5 nitrogen and oxygen atoms in total. The number of fused-ring (bicyclic) bond motifs is 1. The van der Waals surface area contributed by atoms with E-state index in [-0.39, 0.29) is 17.5 Å². The van der Waals surface area contributed by atoms with Gasteiger partial charge in [0.2, 0.25) is 0 Å². The summed E-state index contributed by atoms with van der Waals surface area (Å²) in [5.74, 6) is -1.20. The van der Waals surface area contributed by atoms with Gasteiger partial charge in [-0.25, -0.2) is 0 Å². The minimum atomic E-state index is -1.57. The Morgan fingerprint density at radius 1 is 1.38 bits per heavy atom. The number of hydrogen-bond acceptors (Lipinski definition) is 5. The van der Waals surface area contributed by atoms with Gasteiger partial charge in [-0.3, -0.25) is 0 Å². The third-order valence-electron chi connectivity index (χ3n) is 5.36. The van der Waals surface area contributed by atoms with Gasteiger partial charge in [0.25, 0.3) is 0 Å². The van der Waals surface area contributed by atoms with Crippen LogP contribution in [0.4, 0.5) is 0 Å². The first-order valence-electron chi connectivity index (χ1n) is 7.99. The van der Waals surface area contributed by atoms with Gasteiger partial charge in [0.15, 0.2) is 5.41 Å². The Labute approximate surface area is 145 Å². The van der Waals surface area contributed by atoms with E-state index in [0.717, 1.165) is 30.8 Å². The van der Waals surface area contributed by atoms with Crippen LogP contribution in [0.25, 0.3) is 0 Å². The molecule has 2 N–H and O–H groups in total. The zero-order chi connectivity index (χ0) is 17.3. The molecule has 4 atom stereocenters. The molecule has 3 rings (SSSR count). The van der Waals surface area contributed by atoms with Gasteiger partial charge < -0.3 is 10.3 Å². The second-order valence-electron chi connectivity index (χ2n) is 6.36. The van der Waals surface area contributed by atoms with Crippen LogP contribution in [0.2, 0.25) is 0 Å². The molecular formula is C18H18N5S+. The van der Waals surface area contributed by atoms with E-state index in [0.29, 0.717) is 0 Å². The van der Waals surface area contributed by atoms with Crippen LogP contribution < -0.4 is 4.90 Å². The highest BCUT2D eigenvalue weighted by atomic mass is 32.1. The lowest BCUT2D eigenvalue weighted by Crippen LogP contribution is -3.13. The van der Waals surface area contributed by atoms with Gasteiger partial charge in [0.05, 0.1) is 43.6 Å². The standard InChI is InChI=1S/C18H17N5S/c1-2-23-5-3-13-14(7-19)17(22)18(10-20,11-21)16(15(13)8-23)12-4-6-24-9-12/h3-4,6,9,14-16,22H,2,5,8H2,1H3/p+1/t14?,15-,16-/m1/s1. The molecule has 0 aromatic carbocycles. The van der Waals surface area contributed by atoms with Crippen LogP contribution in [-0.4, -0.2) is 25.3 Å². The van der Waals surface area contributed by atoms with E-state index >= 15 is 0 Å². The highest BCUT2D eigenvalue weighted by Gasteiger charge is 2.58. The number of rotatable bonds is 2. The predicted octanol–water partition coefficient (Wildman–Crippen LogP) is 1.50. The van der Waals surface area contributed by atoms with Gasteiger partial charge in [-0.05, 0) is 41.0 Å². The highest BCUT2D eigenvalue weighted by Crippen LogP contribution is 2.52. The van der Waals surface area contributed by atoms with Gasteiger partial charge >= 0.3 is 0 Å². The van der Waals surface area contributed by atoms with Crippen LogP contribution in [0.5, 0.6) is 0 Å². The maximum absolute atomic E-state index is 9.86. The third kappa shape index (κ3) is 2.18. The zero-order valence-corrected chi connectivity index (χ0v) is 14.2. The van der Waals surface area contributed by atoms with E-state index in [9.17, 15) is 15.8 Å². The van der Waals surface area contributed by atoms with E-state index in [2.05, 4.69) is 31.2 Å². The first-order chi connectivity index (χ1) is 11.6. The predicted molar refractivity (Wildman–Crippen MR) is 90.4 cm³/mol. The van der Waals surface area contributed by atoms with Gasteiger partial charge in [0.1, 0.15) is 5.92 Å². The number of nitrogens with one attached hydrogen (secondary N) is 2. The lowest BCUT2D eigenvalue weighted by molar-refractivity contribution is -0.897. The van der Waals surface area contributed by atoms with Crippen molar-refractivity contribution in [2.75, 3.05) is 19.6 Å². The van der Waals surface area contributed by atoms with Crippen molar-refractivity contribution in [3.63, 3.8) is 0 Å². The van der Waals surface area contributed by atoms with Crippen molar-refractivity contribution in [3.8, 4) is 18.2 Å². The third-order valence-corrected chi connectivity index (χ3v) is 6.06. The zero-order valence-electron chi connectivity index (χ0n) is 13.4. The second kappa shape index (κ2) is 6.21. The quantitative estimate of drug-likeness (QED) is 0.800. The average molecular weight is 336 g/mol. The van der Waals surface area contributed by atoms with Gasteiger partial charge in [-0.1, -0.05) is 0 Å². The molecule has 24 heavy (non-hydrogen) atoms. The summed E-state index contributed by atoms with van der Waals surface area (Å²) >= 11 is 1.53. The first kappa shape index (κ1) is 16.4. The molecule has 120 valence electrons. The molecule has 1 aliphatic heterocycles. The summed E-state index contributed by atoms with van der Waals surface area (Å²) in [6.45, 7) is 4.69. The Morgan fingerprint density at radius 2 is 2.12 bits per heavy atom. The topological polar surface area (TPSA) is 99.7 Å². The van der Waals surface area contributed by atoms with Crippen molar-refractivity contribution in [2.24, 2.45) is 17.3 Å². The van der Waals surface area contributed by atoms with Crippen molar-refractivity contribution in [3.05, 3.63) is 34.0 Å². The summed E-state index contributed by atoms with van der Waals surface area (Å²) in [4.78, 5) is 1.37. The van der Waals surface area contributed by atoms with Crippen LogP contribution in [0.15, 0.2) is 28.5 Å². The molecule has 1 aromatic rings. The first-order valence-corrected chi connectivity index (χ1v) is 8.93. The molecule has 0 spiro atoms. The van der Waals surface area contributed by atoms with Gasteiger partial charge in [-0.2, -0.15) is 27.1 Å². The number of quaternary nitrogens is 1. The molecule has 0 saturated heterocycles. The minimum Gasteiger partial charge on any atom is -0.331 e. The number of likely N-dealkylation sites (N-methyl/N-ethyl adjacent to an activating group) is 1. The molecule has 2 heterocycles. The van der Waals surface area contributed by atoms with E-state index < -0.39 is 11.3 Å². The van der Waals surface area contributed by atoms with Crippen molar-refractivity contribution in [1.29, 1.82) is 21.2 Å². The summed E-state index contributed by atoms with van der Waals surface area (Å²) in [5, 5.41) is 41.7. The highest BCUT2D eigenvalue weighted by molar-refractivity contribution is 7.08. The lowest BCUT2D eigenvalue weighted by Gasteiger charge is -2.46. The van der Waals surface area contributed by atoms with Crippen molar-refractivity contribution >= 4 is 17.0 Å². The Bertz CT molecular complexity index is 788. The van der Waals surface area contributed by atoms with Crippen LogP contribution in [-0.2, 0) is 0 Å². The summed E-state index contributed by atoms with van der Waals surface area (Å²) in [6, 6.07) is 8.35. The maximum Gasteiger partial charge on any atom is 0.190 e. The largest absolute Gasteiger partial charge is 0.331 e. The number of thiophene rings is 1. The molecule has 1 fully saturated rings. The molecule has 1 aromatic heterocycles. The van der Waals surface area contributed by atoms with Crippen LogP contribution >= 0.6 is 11.3 Å². The van der Waals surface area contributed by atoms with E-state index in [4.69, 9.17) is 5.41 Å². The summed E-state index contributed by atoms with van der Waals surface area (Å²) in [7, 11) is 0. The fraction of sp³-hybridized carbons (Fsp3) is 0.444. The van der Waals surface area contributed by atoms with Gasteiger partial charge in [0, 0.05) is 11.8 Å². The smallest absolute Gasteiger partial charge is 0.190 e. The summed E-state index contributed by atoms with van der Waals surface area (Å²) in [6.07, 6.45) is 2.06. The van der Waals surface area contributed by atoms with E-state index in [1.165, 1.54) is 16.2 Å². The van der Waals surface area contributed by atoms with Gasteiger partial charge in [-0.15, -0.1) is 0 Å². The Kier molecular flexibility index (Phi) is 4.24. The molecule has 1 aliphatic carbocycles. The van der Waals surface area contributed by atoms with E-state index in [1.54, 1.807) is 0 Å². The lowest BCUT2D eigenvalue weighted by atomic mass is 9.54. The fourth-order valence-electron chi connectivity index (χ4n) is 4.08. The normalized spacial score (nSPS) is 31.1. The summed E-state index contributed by atoms with van der Waals surface area (Å²) in [5.41, 5.74) is 0.225. The Hall–Kier alpha value is -2.46. The van der Waals surface area contributed by atoms with Crippen LogP contribution in [0, 0.1) is 56.7 Å². The van der Waals surface area contributed by atoms with Crippen LogP contribution in [0.3, 0.4) is 0 Å². The number of hydrogen-bond donors (Lipinski definition) is 2. The molecule has 2 aliphatic rings. The maximum atomic E-state index is 9.86. The monoisotopic (exact) mass is 336 g/mol. The van der Waals surface area contributed by atoms with E-state index in [1.807, 2.05) is 16.8 Å². The fourth-order valence-corrected chi connectivity index (χ4v) is 4.77. The number of nitrogens with zero attached hydrogens (tertiary/aromatic N) is 3. The number of nitriles is 3. The van der Waals surface area contributed by atoms with Crippen molar-refractivity contribution < 1.29 is 4.90 Å². The second-order valence-corrected chi connectivity index (χ2v) is 7.14. The molecule has 6 heteroatoms. The Morgan fingerprint density at radius 3 is 2.67 bits per heavy atom. The SMILES string of the molecule is CC[NH+]1CC=C2C(C#N)C(=N)C(C#N)(C#N)[C@H](c3ccsc3)[C@@H]2C1. The Balaban J connectivity index is 2.23. The molecule has 2 unspecified atom stereocenters. The minimum absolute atomic E-state index is 0.0543. The molecule has 0 bridgehead atoms. The molecule has 0 radical (unpaired) electrons. The molecular weight excluding hydrogens is 318 g/mol. The molecule has 0 amide bonds. The van der Waals surface area contributed by atoms with Crippen molar-refractivity contribution in [1.82, 2.24) is 0 Å². The van der Waals surface area contributed by atoms with Crippen molar-refractivity contribution in [2.45, 2.75) is 12.8 Å².